The smallest absolute Gasteiger partial charge is 0.324 e. The van der Waals surface area contributed by atoms with Gasteiger partial charge in [-0.15, -0.1) is 0 Å². The Balaban J connectivity index is 1.29. The van der Waals surface area contributed by atoms with Gasteiger partial charge in [-0.05, 0) is 43.9 Å². The molecule has 1 saturated heterocycles. The number of aromatic nitrogens is 3. The number of amides is 1. The maximum absolute atomic E-state index is 14.7. The van der Waals surface area contributed by atoms with Crippen molar-refractivity contribution in [2.75, 3.05) is 18.0 Å². The molecule has 32 heavy (non-hydrogen) atoms. The molecule has 2 aliphatic rings. The van der Waals surface area contributed by atoms with E-state index in [1.165, 1.54) is 18.7 Å². The number of oxazole rings is 1. The molecule has 0 N–H and O–H groups in total. The second kappa shape index (κ2) is 8.37. The first-order valence-electron chi connectivity index (χ1n) is 11.1. The highest BCUT2D eigenvalue weighted by Crippen LogP contribution is 2.34. The molecule has 0 spiro atoms. The minimum absolute atomic E-state index is 0.107. The van der Waals surface area contributed by atoms with Crippen molar-refractivity contribution in [1.29, 1.82) is 0 Å². The van der Waals surface area contributed by atoms with E-state index in [1.54, 1.807) is 12.1 Å². The second-order valence-electron chi connectivity index (χ2n) is 8.81. The zero-order valence-corrected chi connectivity index (χ0v) is 18.2. The van der Waals surface area contributed by atoms with Crippen LogP contribution in [0.25, 0.3) is 11.3 Å². The average molecular weight is 439 g/mol. The van der Waals surface area contributed by atoms with E-state index in [2.05, 4.69) is 20.0 Å². The topological polar surface area (TPSA) is 88.5 Å². The van der Waals surface area contributed by atoms with Gasteiger partial charge in [0.05, 0.1) is 11.8 Å². The Morgan fingerprint density at radius 3 is 2.53 bits per heavy atom. The molecule has 0 unspecified atom stereocenters. The highest BCUT2D eigenvalue weighted by Gasteiger charge is 2.39. The second-order valence-corrected chi connectivity index (χ2v) is 8.81. The van der Waals surface area contributed by atoms with E-state index in [9.17, 15) is 9.18 Å². The molecule has 1 aliphatic heterocycles. The first-order valence-corrected chi connectivity index (χ1v) is 11.1. The fourth-order valence-electron chi connectivity index (χ4n) is 4.25. The third-order valence-electron chi connectivity index (χ3n) is 6.16. The Morgan fingerprint density at radius 2 is 1.94 bits per heavy atom. The maximum atomic E-state index is 14.7. The van der Waals surface area contributed by atoms with E-state index in [4.69, 9.17) is 8.94 Å². The fraction of sp³-hybridized carbons (Fsp3) is 0.478. The molecule has 8 nitrogen and oxygen atoms in total. The van der Waals surface area contributed by atoms with Crippen LogP contribution in [0.5, 0.6) is 0 Å². The van der Waals surface area contributed by atoms with Gasteiger partial charge in [0.2, 0.25) is 0 Å². The van der Waals surface area contributed by atoms with Crippen molar-refractivity contribution in [3.63, 3.8) is 0 Å². The van der Waals surface area contributed by atoms with Crippen LogP contribution >= 0.6 is 0 Å². The quantitative estimate of drug-likeness (QED) is 0.567. The first-order chi connectivity index (χ1) is 15.5. The number of halogens is 1. The maximum Gasteiger partial charge on any atom is 0.324 e. The van der Waals surface area contributed by atoms with Crippen molar-refractivity contribution in [1.82, 2.24) is 20.0 Å². The zero-order chi connectivity index (χ0) is 22.2. The summed E-state index contributed by atoms with van der Waals surface area (Å²) in [6.45, 7) is 5.53. The minimum Gasteiger partial charge on any atom is -0.443 e. The van der Waals surface area contributed by atoms with Gasteiger partial charge in [0, 0.05) is 36.7 Å². The number of rotatable bonds is 6. The molecular formula is C23H26FN5O3. The number of nitrogens with zero attached hydrogens (tertiary/aromatic N) is 5. The molecular weight excluding hydrogens is 413 g/mol. The van der Waals surface area contributed by atoms with E-state index in [0.29, 0.717) is 28.7 Å². The van der Waals surface area contributed by atoms with Crippen LogP contribution in [0, 0.1) is 5.82 Å². The molecule has 2 fully saturated rings. The third-order valence-corrected chi connectivity index (χ3v) is 6.16. The number of piperidine rings is 1. The molecule has 3 heterocycles. The largest absolute Gasteiger partial charge is 0.443 e. The molecule has 1 amide bonds. The van der Waals surface area contributed by atoms with E-state index in [1.807, 2.05) is 18.7 Å². The van der Waals surface area contributed by atoms with Crippen molar-refractivity contribution in [3.8, 4) is 11.3 Å². The van der Waals surface area contributed by atoms with Crippen LogP contribution in [-0.4, -0.2) is 51.1 Å². The Kier molecular flexibility index (Phi) is 5.40. The number of benzene rings is 1. The highest BCUT2D eigenvalue weighted by atomic mass is 19.1. The number of hydrogen-bond donors (Lipinski definition) is 0. The van der Waals surface area contributed by atoms with Crippen molar-refractivity contribution >= 4 is 11.9 Å². The predicted octanol–water partition coefficient (Wildman–Crippen LogP) is 4.26. The minimum atomic E-state index is -0.490. The summed E-state index contributed by atoms with van der Waals surface area (Å²) >= 11 is 0. The monoisotopic (exact) mass is 439 g/mol. The number of carbonyl (C=O) groups is 1. The van der Waals surface area contributed by atoms with Crippen molar-refractivity contribution in [2.45, 2.75) is 57.5 Å². The summed E-state index contributed by atoms with van der Waals surface area (Å²) < 4.78 is 25.3. The summed E-state index contributed by atoms with van der Waals surface area (Å²) in [7, 11) is 0. The van der Waals surface area contributed by atoms with Crippen molar-refractivity contribution in [3.05, 3.63) is 48.0 Å². The summed E-state index contributed by atoms with van der Waals surface area (Å²) in [5, 5.41) is 4.05. The van der Waals surface area contributed by atoms with E-state index < -0.39 is 5.82 Å². The number of hydrogen-bond acceptors (Lipinski definition) is 7. The lowest BCUT2D eigenvalue weighted by molar-refractivity contribution is 0.0629. The van der Waals surface area contributed by atoms with Gasteiger partial charge >= 0.3 is 6.01 Å². The molecule has 168 valence electrons. The lowest BCUT2D eigenvalue weighted by Gasteiger charge is -2.38. The Hall–Kier alpha value is -3.23. The van der Waals surface area contributed by atoms with Gasteiger partial charge in [0.25, 0.3) is 5.91 Å². The summed E-state index contributed by atoms with van der Waals surface area (Å²) in [6.07, 6.45) is 6.31. The zero-order valence-electron chi connectivity index (χ0n) is 18.2. The standard InChI is InChI=1S/C23H26FN5O3/c1-14(2)21-26-23(32-27-21)28-9-7-17(8-10-28)29(16-4-5-16)22(30)15-3-6-18(19(24)11-15)20-12-25-13-31-20/h3,6,11-14,16-17H,4-5,7-10H2,1-2H3. The molecule has 1 aliphatic carbocycles. The SMILES string of the molecule is CC(C)c1noc(N2CCC(N(C(=O)c3ccc(-c4cnco4)c(F)c3)C3CC3)CC2)n1. The summed E-state index contributed by atoms with van der Waals surface area (Å²) in [5.74, 6) is 0.649. The van der Waals surface area contributed by atoms with Gasteiger partial charge < -0.3 is 18.7 Å². The van der Waals surface area contributed by atoms with Crippen LogP contribution in [0.4, 0.5) is 10.4 Å². The number of anilines is 1. The van der Waals surface area contributed by atoms with Gasteiger partial charge in [-0.2, -0.15) is 4.98 Å². The first kappa shape index (κ1) is 20.7. The average Bonchev–Trinajstić information content (AvgIpc) is 3.27. The van der Waals surface area contributed by atoms with Crippen LogP contribution in [0.3, 0.4) is 0 Å². The van der Waals surface area contributed by atoms with Gasteiger partial charge in [-0.1, -0.05) is 19.0 Å². The Bertz CT molecular complexity index is 1090. The van der Waals surface area contributed by atoms with Crippen LogP contribution in [0.2, 0.25) is 0 Å². The molecule has 5 rings (SSSR count). The number of carbonyl (C=O) groups excluding carboxylic acids is 1. The van der Waals surface area contributed by atoms with E-state index in [0.717, 1.165) is 38.8 Å². The van der Waals surface area contributed by atoms with Gasteiger partial charge in [0.1, 0.15) is 5.82 Å². The Morgan fingerprint density at radius 1 is 1.19 bits per heavy atom. The molecule has 2 aromatic heterocycles. The molecule has 0 radical (unpaired) electrons. The summed E-state index contributed by atoms with van der Waals surface area (Å²) in [6, 6.07) is 5.43. The lowest BCUT2D eigenvalue weighted by Crippen LogP contribution is -2.48. The molecule has 1 aromatic carbocycles. The van der Waals surface area contributed by atoms with Crippen molar-refractivity contribution < 1.29 is 18.1 Å². The van der Waals surface area contributed by atoms with Crippen LogP contribution in [0.1, 0.15) is 61.6 Å². The van der Waals surface area contributed by atoms with Crippen LogP contribution < -0.4 is 4.90 Å². The Labute approximate surface area is 185 Å². The third kappa shape index (κ3) is 3.99. The molecule has 1 saturated carbocycles. The molecule has 3 aromatic rings. The fourth-order valence-corrected chi connectivity index (χ4v) is 4.25. The van der Waals surface area contributed by atoms with Gasteiger partial charge in [-0.3, -0.25) is 4.79 Å². The van der Waals surface area contributed by atoms with Crippen molar-refractivity contribution in [2.24, 2.45) is 0 Å². The van der Waals surface area contributed by atoms with Crippen LogP contribution in [-0.2, 0) is 0 Å². The van der Waals surface area contributed by atoms with E-state index in [-0.39, 0.29) is 23.9 Å². The normalized spacial score (nSPS) is 17.2. The van der Waals surface area contributed by atoms with Gasteiger partial charge in [-0.25, -0.2) is 9.37 Å². The highest BCUT2D eigenvalue weighted by molar-refractivity contribution is 5.95. The summed E-state index contributed by atoms with van der Waals surface area (Å²) in [5.41, 5.74) is 0.657. The molecule has 9 heteroatoms. The molecule has 0 bridgehead atoms. The summed E-state index contributed by atoms with van der Waals surface area (Å²) in [4.78, 5) is 25.7. The van der Waals surface area contributed by atoms with Crippen LogP contribution in [0.15, 0.2) is 39.7 Å². The predicted molar refractivity (Wildman–Crippen MR) is 115 cm³/mol. The molecule has 0 atom stereocenters. The lowest BCUT2D eigenvalue weighted by atomic mass is 10.0. The van der Waals surface area contributed by atoms with Gasteiger partial charge in [0.15, 0.2) is 18.0 Å². The van der Waals surface area contributed by atoms with E-state index >= 15 is 0 Å².